The van der Waals surface area contributed by atoms with Gasteiger partial charge in [-0.1, -0.05) is 11.6 Å². The van der Waals surface area contributed by atoms with Crippen molar-refractivity contribution in [2.75, 3.05) is 14.2 Å². The molecule has 0 aliphatic heterocycles. The molecule has 1 aromatic carbocycles. The zero-order chi connectivity index (χ0) is 13.3. The van der Waals surface area contributed by atoms with Crippen molar-refractivity contribution in [1.29, 1.82) is 0 Å². The van der Waals surface area contributed by atoms with Gasteiger partial charge in [-0.3, -0.25) is 4.79 Å². The summed E-state index contributed by atoms with van der Waals surface area (Å²) in [6, 6.07) is 3.55. The minimum Gasteiger partial charge on any atom is -0.497 e. The smallest absolute Gasteiger partial charge is 0.223 e. The lowest BCUT2D eigenvalue weighted by molar-refractivity contribution is -0.123. The van der Waals surface area contributed by atoms with Crippen LogP contribution in [0.15, 0.2) is 12.1 Å². The number of halogens is 1. The van der Waals surface area contributed by atoms with E-state index < -0.39 is 5.41 Å². The summed E-state index contributed by atoms with van der Waals surface area (Å²) in [4.78, 5) is 11.4. The first kappa shape index (κ1) is 13.0. The Hall–Kier alpha value is -1.42. The zero-order valence-corrected chi connectivity index (χ0v) is 11.2. The van der Waals surface area contributed by atoms with Gasteiger partial charge in [0, 0.05) is 6.07 Å². The largest absolute Gasteiger partial charge is 0.497 e. The summed E-state index contributed by atoms with van der Waals surface area (Å²) in [5.74, 6) is 0.943. The lowest BCUT2D eigenvalue weighted by atomic mass is 9.95. The molecular formula is C13H16ClNO3. The third-order valence-electron chi connectivity index (χ3n) is 3.45. The van der Waals surface area contributed by atoms with Gasteiger partial charge in [-0.2, -0.15) is 0 Å². The number of ether oxygens (including phenoxy) is 2. The van der Waals surface area contributed by atoms with Gasteiger partial charge in [-0.05, 0) is 30.9 Å². The number of amides is 1. The lowest BCUT2D eigenvalue weighted by Crippen LogP contribution is -2.26. The van der Waals surface area contributed by atoms with Crippen LogP contribution in [0, 0.1) is 5.41 Å². The SMILES string of the molecule is COc1cc(CC2(C(N)=O)CC2)c(Cl)c(OC)c1. The standard InChI is InChI=1S/C13H16ClNO3/c1-17-9-5-8(11(14)10(6-9)18-2)7-13(3-4-13)12(15)16/h5-6H,3-4,7H2,1-2H3,(H2,15,16). The average molecular weight is 270 g/mol. The predicted octanol–water partition coefficient (Wildman–Crippen LogP) is 2.17. The molecule has 1 saturated carbocycles. The molecule has 2 N–H and O–H groups in total. The van der Waals surface area contributed by atoms with Crippen LogP contribution in [0.25, 0.3) is 0 Å². The predicted molar refractivity (Wildman–Crippen MR) is 69.1 cm³/mol. The van der Waals surface area contributed by atoms with Gasteiger partial charge >= 0.3 is 0 Å². The van der Waals surface area contributed by atoms with Crippen LogP contribution in [0.1, 0.15) is 18.4 Å². The van der Waals surface area contributed by atoms with Crippen LogP contribution in [0.5, 0.6) is 11.5 Å². The Labute approximate surface area is 111 Å². The van der Waals surface area contributed by atoms with E-state index in [9.17, 15) is 4.79 Å². The monoisotopic (exact) mass is 269 g/mol. The summed E-state index contributed by atoms with van der Waals surface area (Å²) < 4.78 is 10.4. The third-order valence-corrected chi connectivity index (χ3v) is 3.88. The van der Waals surface area contributed by atoms with Crippen molar-refractivity contribution in [3.05, 3.63) is 22.7 Å². The third kappa shape index (κ3) is 2.25. The van der Waals surface area contributed by atoms with Crippen molar-refractivity contribution in [2.45, 2.75) is 19.3 Å². The fraction of sp³-hybridized carbons (Fsp3) is 0.462. The van der Waals surface area contributed by atoms with Gasteiger partial charge in [-0.15, -0.1) is 0 Å². The molecule has 2 rings (SSSR count). The number of rotatable bonds is 5. The molecule has 0 aromatic heterocycles. The summed E-state index contributed by atoms with van der Waals surface area (Å²) >= 11 is 6.24. The molecule has 98 valence electrons. The van der Waals surface area contributed by atoms with Crippen molar-refractivity contribution >= 4 is 17.5 Å². The van der Waals surface area contributed by atoms with Crippen LogP contribution in [0.2, 0.25) is 5.02 Å². The van der Waals surface area contributed by atoms with Crippen LogP contribution < -0.4 is 15.2 Å². The maximum Gasteiger partial charge on any atom is 0.223 e. The van der Waals surface area contributed by atoms with Crippen LogP contribution in [-0.2, 0) is 11.2 Å². The van der Waals surface area contributed by atoms with Gasteiger partial charge < -0.3 is 15.2 Å². The van der Waals surface area contributed by atoms with Crippen molar-refractivity contribution in [2.24, 2.45) is 11.1 Å². The Morgan fingerprint density at radius 2 is 2.06 bits per heavy atom. The summed E-state index contributed by atoms with van der Waals surface area (Å²) in [5.41, 5.74) is 5.83. The summed E-state index contributed by atoms with van der Waals surface area (Å²) in [7, 11) is 3.12. The number of carbonyl (C=O) groups excluding carboxylic acids is 1. The molecule has 1 aliphatic carbocycles. The summed E-state index contributed by atoms with van der Waals surface area (Å²) in [6.07, 6.45) is 2.17. The van der Waals surface area contributed by atoms with Crippen molar-refractivity contribution in [1.82, 2.24) is 0 Å². The Kier molecular flexibility index (Phi) is 3.39. The first-order chi connectivity index (χ1) is 8.52. The van der Waals surface area contributed by atoms with Crippen LogP contribution in [0.4, 0.5) is 0 Å². The average Bonchev–Trinajstić information content (AvgIpc) is 3.13. The van der Waals surface area contributed by atoms with E-state index in [1.165, 1.54) is 0 Å². The second kappa shape index (κ2) is 4.69. The molecule has 0 bridgehead atoms. The molecule has 5 heteroatoms. The molecule has 0 saturated heterocycles. The quantitative estimate of drug-likeness (QED) is 0.891. The van der Waals surface area contributed by atoms with Crippen LogP contribution in [0.3, 0.4) is 0 Å². The highest BCUT2D eigenvalue weighted by molar-refractivity contribution is 6.33. The lowest BCUT2D eigenvalue weighted by Gasteiger charge is -2.15. The molecule has 0 spiro atoms. The van der Waals surface area contributed by atoms with E-state index in [-0.39, 0.29) is 5.91 Å². The second-order valence-electron chi connectivity index (χ2n) is 4.62. The molecule has 18 heavy (non-hydrogen) atoms. The van der Waals surface area contributed by atoms with Crippen LogP contribution >= 0.6 is 11.6 Å². The number of benzene rings is 1. The van der Waals surface area contributed by atoms with E-state index >= 15 is 0 Å². The molecule has 1 aliphatic rings. The normalized spacial score (nSPS) is 16.2. The van der Waals surface area contributed by atoms with E-state index in [2.05, 4.69) is 0 Å². The number of methoxy groups -OCH3 is 2. The number of primary amides is 1. The fourth-order valence-electron chi connectivity index (χ4n) is 2.05. The van der Waals surface area contributed by atoms with E-state index in [0.717, 1.165) is 18.4 Å². The minimum atomic E-state index is -0.430. The molecule has 0 atom stereocenters. The van der Waals surface area contributed by atoms with E-state index in [4.69, 9.17) is 26.8 Å². The van der Waals surface area contributed by atoms with E-state index in [0.29, 0.717) is 22.9 Å². The van der Waals surface area contributed by atoms with Gasteiger partial charge in [0.05, 0.1) is 24.7 Å². The first-order valence-corrected chi connectivity index (χ1v) is 6.10. The van der Waals surface area contributed by atoms with Gasteiger partial charge in [0.25, 0.3) is 0 Å². The molecule has 1 aromatic rings. The maximum absolute atomic E-state index is 11.4. The van der Waals surface area contributed by atoms with Crippen molar-refractivity contribution < 1.29 is 14.3 Å². The highest BCUT2D eigenvalue weighted by Crippen LogP contribution is 2.50. The van der Waals surface area contributed by atoms with Crippen LogP contribution in [-0.4, -0.2) is 20.1 Å². The Bertz CT molecular complexity index is 483. The topological polar surface area (TPSA) is 61.5 Å². The minimum absolute atomic E-state index is 0.264. The second-order valence-corrected chi connectivity index (χ2v) is 5.00. The Balaban J connectivity index is 2.35. The molecule has 0 radical (unpaired) electrons. The summed E-state index contributed by atoms with van der Waals surface area (Å²) in [5, 5.41) is 0.519. The fourth-order valence-corrected chi connectivity index (χ4v) is 2.30. The molecular weight excluding hydrogens is 254 g/mol. The van der Waals surface area contributed by atoms with Gasteiger partial charge in [0.2, 0.25) is 5.91 Å². The number of hydrogen-bond donors (Lipinski definition) is 1. The van der Waals surface area contributed by atoms with Crippen molar-refractivity contribution in [3.8, 4) is 11.5 Å². The van der Waals surface area contributed by atoms with Gasteiger partial charge in [0.15, 0.2) is 0 Å². The molecule has 0 unspecified atom stereocenters. The summed E-state index contributed by atoms with van der Waals surface area (Å²) in [6.45, 7) is 0. The molecule has 4 nitrogen and oxygen atoms in total. The number of nitrogens with two attached hydrogens (primary N) is 1. The molecule has 1 amide bonds. The van der Waals surface area contributed by atoms with E-state index in [1.54, 1.807) is 20.3 Å². The highest BCUT2D eigenvalue weighted by atomic mass is 35.5. The number of hydrogen-bond acceptors (Lipinski definition) is 3. The van der Waals surface area contributed by atoms with Crippen molar-refractivity contribution in [3.63, 3.8) is 0 Å². The maximum atomic E-state index is 11.4. The van der Waals surface area contributed by atoms with Gasteiger partial charge in [-0.25, -0.2) is 0 Å². The first-order valence-electron chi connectivity index (χ1n) is 5.73. The number of carbonyl (C=O) groups is 1. The van der Waals surface area contributed by atoms with Gasteiger partial charge in [0.1, 0.15) is 11.5 Å². The zero-order valence-electron chi connectivity index (χ0n) is 10.5. The molecule has 0 heterocycles. The molecule has 1 fully saturated rings. The Morgan fingerprint density at radius 3 is 2.50 bits per heavy atom. The van der Waals surface area contributed by atoms with E-state index in [1.807, 2.05) is 6.07 Å². The Morgan fingerprint density at radius 1 is 1.39 bits per heavy atom. The highest BCUT2D eigenvalue weighted by Gasteiger charge is 2.48.